The standard InChI is InChI=1S/C20H16ClN7/c1-12(13-4-6-15(23)7-5-13)26-20-25-10-14(9-22)18(27-20)17-11-24-19-16(21)3-2-8-28(17)19/h2-8,10-12H,23H2,1H3,(H,25,26,27)/t12-/m0/s1. The van der Waals surface area contributed by atoms with E-state index in [0.717, 1.165) is 5.56 Å². The number of fused-ring (bicyclic) bond motifs is 1. The number of nitriles is 1. The summed E-state index contributed by atoms with van der Waals surface area (Å²) in [6.45, 7) is 2.00. The summed E-state index contributed by atoms with van der Waals surface area (Å²) in [5, 5.41) is 13.3. The summed E-state index contributed by atoms with van der Waals surface area (Å²) < 4.78 is 1.80. The van der Waals surface area contributed by atoms with E-state index in [1.54, 1.807) is 16.7 Å². The molecule has 3 N–H and O–H groups in total. The van der Waals surface area contributed by atoms with Crippen LogP contribution in [0.3, 0.4) is 0 Å². The normalized spacial score (nSPS) is 11.9. The van der Waals surface area contributed by atoms with Gasteiger partial charge in [-0.1, -0.05) is 23.7 Å². The topological polar surface area (TPSA) is 105 Å². The van der Waals surface area contributed by atoms with Gasteiger partial charge in [0.15, 0.2) is 5.65 Å². The van der Waals surface area contributed by atoms with Gasteiger partial charge in [-0.25, -0.2) is 15.0 Å². The van der Waals surface area contributed by atoms with Crippen molar-refractivity contribution in [3.05, 3.63) is 71.1 Å². The molecule has 0 radical (unpaired) electrons. The van der Waals surface area contributed by atoms with Crippen molar-refractivity contribution in [3.63, 3.8) is 0 Å². The van der Waals surface area contributed by atoms with Gasteiger partial charge in [-0.15, -0.1) is 0 Å². The number of nitrogens with zero attached hydrogens (tertiary/aromatic N) is 5. The molecule has 1 atom stereocenters. The van der Waals surface area contributed by atoms with Crippen LogP contribution in [0, 0.1) is 11.3 Å². The predicted octanol–water partition coefficient (Wildman–Crippen LogP) is 4.07. The number of hydrogen-bond acceptors (Lipinski definition) is 6. The molecule has 0 aliphatic heterocycles. The van der Waals surface area contributed by atoms with E-state index in [1.807, 2.05) is 43.5 Å². The highest BCUT2D eigenvalue weighted by Gasteiger charge is 2.16. The minimum atomic E-state index is -0.0435. The third-order valence-corrected chi connectivity index (χ3v) is 4.72. The molecule has 0 unspecified atom stereocenters. The molecule has 3 heterocycles. The first-order valence-electron chi connectivity index (χ1n) is 8.58. The van der Waals surface area contributed by atoms with Gasteiger partial charge in [0.05, 0.1) is 34.7 Å². The first-order chi connectivity index (χ1) is 13.6. The predicted molar refractivity (Wildman–Crippen MR) is 109 cm³/mol. The van der Waals surface area contributed by atoms with Gasteiger partial charge < -0.3 is 11.1 Å². The molecular formula is C20H16ClN7. The molecule has 0 fully saturated rings. The molecule has 0 bridgehead atoms. The largest absolute Gasteiger partial charge is 0.399 e. The third-order valence-electron chi connectivity index (χ3n) is 4.42. The van der Waals surface area contributed by atoms with Crippen molar-refractivity contribution in [2.75, 3.05) is 11.1 Å². The van der Waals surface area contributed by atoms with E-state index in [4.69, 9.17) is 17.3 Å². The molecule has 0 aliphatic rings. The van der Waals surface area contributed by atoms with Gasteiger partial charge in [-0.2, -0.15) is 5.26 Å². The van der Waals surface area contributed by atoms with Crippen LogP contribution in [-0.4, -0.2) is 19.4 Å². The molecule has 8 heteroatoms. The zero-order valence-corrected chi connectivity index (χ0v) is 15.7. The summed E-state index contributed by atoms with van der Waals surface area (Å²) in [7, 11) is 0. The average Bonchev–Trinajstić information content (AvgIpc) is 3.14. The van der Waals surface area contributed by atoms with Crippen LogP contribution in [0.4, 0.5) is 11.6 Å². The lowest BCUT2D eigenvalue weighted by atomic mass is 10.1. The Morgan fingerprint density at radius 1 is 1.18 bits per heavy atom. The summed E-state index contributed by atoms with van der Waals surface area (Å²) >= 11 is 6.21. The Morgan fingerprint density at radius 2 is 1.96 bits per heavy atom. The van der Waals surface area contributed by atoms with Gasteiger partial charge in [0.2, 0.25) is 5.95 Å². The zero-order chi connectivity index (χ0) is 19.7. The van der Waals surface area contributed by atoms with Gasteiger partial charge in [0.1, 0.15) is 11.8 Å². The van der Waals surface area contributed by atoms with Crippen molar-refractivity contribution in [1.82, 2.24) is 19.4 Å². The minimum absolute atomic E-state index is 0.0435. The molecule has 3 aromatic heterocycles. The summed E-state index contributed by atoms with van der Waals surface area (Å²) in [6.07, 6.45) is 4.98. The molecule has 1 aromatic carbocycles. The summed E-state index contributed by atoms with van der Waals surface area (Å²) in [5.41, 5.74) is 9.61. The molecule has 28 heavy (non-hydrogen) atoms. The number of halogens is 1. The van der Waals surface area contributed by atoms with Gasteiger partial charge >= 0.3 is 0 Å². The second-order valence-electron chi connectivity index (χ2n) is 6.29. The number of nitrogens with two attached hydrogens (primary N) is 1. The Balaban J connectivity index is 1.73. The van der Waals surface area contributed by atoms with Gasteiger partial charge in [0, 0.05) is 11.9 Å². The molecular weight excluding hydrogens is 374 g/mol. The minimum Gasteiger partial charge on any atom is -0.399 e. The monoisotopic (exact) mass is 389 g/mol. The maximum atomic E-state index is 9.50. The Morgan fingerprint density at radius 3 is 2.71 bits per heavy atom. The Kier molecular flexibility index (Phi) is 4.55. The highest BCUT2D eigenvalue weighted by molar-refractivity contribution is 6.33. The number of hydrogen-bond donors (Lipinski definition) is 2. The van der Waals surface area contributed by atoms with Crippen molar-refractivity contribution in [2.45, 2.75) is 13.0 Å². The van der Waals surface area contributed by atoms with Crippen LogP contribution >= 0.6 is 11.6 Å². The van der Waals surface area contributed by atoms with Crippen molar-refractivity contribution < 1.29 is 0 Å². The Hall–Kier alpha value is -3.63. The van der Waals surface area contributed by atoms with E-state index >= 15 is 0 Å². The maximum Gasteiger partial charge on any atom is 0.223 e. The van der Waals surface area contributed by atoms with Gasteiger partial charge in [0.25, 0.3) is 0 Å². The fourth-order valence-corrected chi connectivity index (χ4v) is 3.15. The molecule has 7 nitrogen and oxygen atoms in total. The summed E-state index contributed by atoms with van der Waals surface area (Å²) in [5.74, 6) is 0.412. The van der Waals surface area contributed by atoms with Crippen LogP contribution in [-0.2, 0) is 0 Å². The first-order valence-corrected chi connectivity index (χ1v) is 8.95. The lowest BCUT2D eigenvalue weighted by Gasteiger charge is -2.15. The van der Waals surface area contributed by atoms with Crippen molar-refractivity contribution in [1.29, 1.82) is 5.26 Å². The quantitative estimate of drug-likeness (QED) is 0.509. The zero-order valence-electron chi connectivity index (χ0n) is 15.0. The number of nitrogen functional groups attached to an aromatic ring is 1. The number of pyridine rings is 1. The van der Waals surface area contributed by atoms with Gasteiger partial charge in [-0.05, 0) is 36.8 Å². The maximum absolute atomic E-state index is 9.50. The van der Waals surface area contributed by atoms with E-state index in [2.05, 4.69) is 26.3 Å². The van der Waals surface area contributed by atoms with Crippen LogP contribution in [0.15, 0.2) is 55.0 Å². The van der Waals surface area contributed by atoms with E-state index < -0.39 is 0 Å². The fourth-order valence-electron chi connectivity index (χ4n) is 2.94. The van der Waals surface area contributed by atoms with E-state index in [-0.39, 0.29) is 6.04 Å². The van der Waals surface area contributed by atoms with Crippen LogP contribution in [0.25, 0.3) is 17.0 Å². The highest BCUT2D eigenvalue weighted by atomic mass is 35.5. The Bertz CT molecular complexity index is 1190. The number of imidazole rings is 1. The van der Waals surface area contributed by atoms with Crippen molar-refractivity contribution in [2.24, 2.45) is 0 Å². The second-order valence-corrected chi connectivity index (χ2v) is 6.70. The van der Waals surface area contributed by atoms with E-state index in [1.165, 1.54) is 6.20 Å². The second kappa shape index (κ2) is 7.18. The molecule has 0 saturated carbocycles. The number of nitrogens with one attached hydrogen (secondary N) is 1. The SMILES string of the molecule is C[C@H](Nc1ncc(C#N)c(-c2cnc3c(Cl)cccn23)n1)c1ccc(N)cc1. The summed E-state index contributed by atoms with van der Waals surface area (Å²) in [6, 6.07) is 13.3. The number of aromatic nitrogens is 4. The molecule has 4 aromatic rings. The molecule has 0 aliphatic carbocycles. The third kappa shape index (κ3) is 3.21. The average molecular weight is 390 g/mol. The number of rotatable bonds is 4. The molecule has 4 rings (SSSR count). The van der Waals surface area contributed by atoms with Crippen LogP contribution in [0.2, 0.25) is 5.02 Å². The van der Waals surface area contributed by atoms with Crippen LogP contribution in [0.5, 0.6) is 0 Å². The van der Waals surface area contributed by atoms with Gasteiger partial charge in [-0.3, -0.25) is 4.40 Å². The molecule has 0 amide bonds. The van der Waals surface area contributed by atoms with Crippen molar-refractivity contribution in [3.8, 4) is 17.5 Å². The number of anilines is 2. The fraction of sp³-hybridized carbons (Fsp3) is 0.100. The molecule has 0 spiro atoms. The Labute approximate surface area is 166 Å². The number of benzene rings is 1. The van der Waals surface area contributed by atoms with E-state index in [9.17, 15) is 5.26 Å². The first kappa shape index (κ1) is 17.8. The van der Waals surface area contributed by atoms with Crippen LogP contribution in [0.1, 0.15) is 24.1 Å². The van der Waals surface area contributed by atoms with E-state index in [0.29, 0.717) is 39.3 Å². The summed E-state index contributed by atoms with van der Waals surface area (Å²) in [4.78, 5) is 13.2. The van der Waals surface area contributed by atoms with Crippen molar-refractivity contribution >= 4 is 28.9 Å². The highest BCUT2D eigenvalue weighted by Crippen LogP contribution is 2.27. The lowest BCUT2D eigenvalue weighted by molar-refractivity contribution is 0.860. The van der Waals surface area contributed by atoms with Crippen LogP contribution < -0.4 is 11.1 Å². The lowest BCUT2D eigenvalue weighted by Crippen LogP contribution is -2.10. The molecule has 0 saturated heterocycles. The smallest absolute Gasteiger partial charge is 0.223 e. The molecule has 138 valence electrons.